The maximum Gasteiger partial charge on any atom is 0.254 e. The van der Waals surface area contributed by atoms with Gasteiger partial charge < -0.3 is 43.2 Å². The first kappa shape index (κ1) is 73.7. The van der Waals surface area contributed by atoms with Gasteiger partial charge in [-0.15, -0.1) is 0 Å². The van der Waals surface area contributed by atoms with Gasteiger partial charge in [-0.2, -0.15) is 31.1 Å². The second-order valence-corrected chi connectivity index (χ2v) is 29.5. The summed E-state index contributed by atoms with van der Waals surface area (Å²) in [7, 11) is 0. The number of anilines is 5. The average molecular weight is 1440 g/mol. The molecular weight excluding hydrogens is 1350 g/mol. The first-order chi connectivity index (χ1) is 51.9. The topological polar surface area (TPSA) is 385 Å². The number of piperidine rings is 2. The highest BCUT2D eigenvalue weighted by Gasteiger charge is 2.45. The molecule has 8 aromatic rings. The molecule has 0 unspecified atom stereocenters. The molecule has 107 heavy (non-hydrogen) atoms. The van der Waals surface area contributed by atoms with Crippen LogP contribution in [0.3, 0.4) is 0 Å². The Morgan fingerprint density at radius 3 is 1.32 bits per heavy atom. The molecule has 4 aliphatic carbocycles. The van der Waals surface area contributed by atoms with E-state index in [1.54, 1.807) is 38.8 Å². The van der Waals surface area contributed by atoms with Crippen LogP contribution in [0.4, 0.5) is 28.8 Å². The van der Waals surface area contributed by atoms with Crippen molar-refractivity contribution in [3.63, 3.8) is 0 Å². The molecule has 3 aliphatic heterocycles. The Morgan fingerprint density at radius 1 is 0.477 bits per heavy atom. The van der Waals surface area contributed by atoms with Crippen molar-refractivity contribution >= 4 is 64.3 Å². The van der Waals surface area contributed by atoms with E-state index in [1.165, 1.54) is 11.1 Å². The Bertz CT molecular complexity index is 4610. The number of nitrogens with one attached hydrogen (secondary N) is 4. The molecule has 3 saturated heterocycles. The zero-order valence-corrected chi connectivity index (χ0v) is 59.9. The van der Waals surface area contributed by atoms with E-state index in [9.17, 15) is 44.6 Å². The summed E-state index contributed by atoms with van der Waals surface area (Å²) < 4.78 is 10.9. The van der Waals surface area contributed by atoms with Crippen molar-refractivity contribution in [3.05, 3.63) is 186 Å². The number of nitrogens with two attached hydrogens (primary N) is 3. The second-order valence-electron chi connectivity index (χ2n) is 29.5. The van der Waals surface area contributed by atoms with E-state index in [4.69, 9.17) is 21.9 Å². The van der Waals surface area contributed by atoms with E-state index < -0.39 is 34.3 Å². The van der Waals surface area contributed by atoms with Gasteiger partial charge >= 0.3 is 0 Å². The molecule has 7 fully saturated rings. The molecule has 27 heteroatoms. The van der Waals surface area contributed by atoms with Gasteiger partial charge in [0.05, 0.1) is 66.0 Å². The smallest absolute Gasteiger partial charge is 0.254 e. The summed E-state index contributed by atoms with van der Waals surface area (Å²) in [5.74, 6) is 0.208. The van der Waals surface area contributed by atoms with Crippen molar-refractivity contribution in [2.45, 2.75) is 151 Å². The van der Waals surface area contributed by atoms with Crippen LogP contribution in [0.5, 0.6) is 11.5 Å². The fourth-order valence-corrected chi connectivity index (χ4v) is 14.9. The minimum atomic E-state index is -0.660. The Morgan fingerprint density at radius 2 is 0.897 bits per heavy atom. The molecule has 6 amide bonds. The summed E-state index contributed by atoms with van der Waals surface area (Å²) in [5, 5.41) is 54.2. The molecule has 552 valence electrons. The summed E-state index contributed by atoms with van der Waals surface area (Å²) in [6.45, 7) is 6.60. The van der Waals surface area contributed by atoms with Gasteiger partial charge in [0.1, 0.15) is 28.2 Å². The first-order valence-corrected chi connectivity index (χ1v) is 37.0. The van der Waals surface area contributed by atoms with E-state index in [1.807, 2.05) is 72.8 Å². The number of rotatable bonds is 25. The van der Waals surface area contributed by atoms with Crippen LogP contribution >= 0.6 is 0 Å². The molecule has 0 spiro atoms. The molecule has 7 aliphatic rings. The fraction of sp³-hybridized carbons (Fsp3) is 0.412. The average Bonchev–Trinajstić information content (AvgIpc) is 1.72. The predicted molar refractivity (Wildman–Crippen MR) is 400 cm³/mol. The minimum Gasteiger partial charge on any atom is -0.456 e. The van der Waals surface area contributed by atoms with E-state index in [2.05, 4.69) is 129 Å². The normalized spacial score (nSPS) is 19.7. The van der Waals surface area contributed by atoms with E-state index in [0.717, 1.165) is 133 Å². The standard InChI is InChI=1S/C28H31N7O2.C27H29N7O3.C25H30N6O2/c29-14-11-28(35-19-24(25(30)36)26(33-35)32-27(37)21-9-10-21)12-15-34(16-13-28)18-20-5-4-8-23(17-20)31-22-6-2-1-3-7-22;28-13-10-27(34-18-23(24(29)35)25(32-34)31-26(36)19-6-7-19)11-14-33(15-12-27)17-20-8-9-22(16-30-20)37-21-4-2-1-3-5-21;26-13-12-25(31-16-21(22(27)32)23(29-31)28-24(33)18-6-7-18)10-8-20(9-11-25)30-14-19(15-30)17-4-2-1-3-5-17/h1-8,17,19,21,31H,9-13,15-16,18H2,(H2,30,36)(H,32,33,37);1-5,8-9,16,18-19H,6-7,10-12,14-15,17H2,(H2,29,35)(H,31,32,36);1-5,16,18-20H,6-12,14-15H2,(H2,27,32)(H,28,29,33). The van der Waals surface area contributed by atoms with Gasteiger partial charge in [-0.25, -0.2) is 0 Å². The van der Waals surface area contributed by atoms with Gasteiger partial charge in [0.2, 0.25) is 17.7 Å². The van der Waals surface area contributed by atoms with Gasteiger partial charge in [-0.05, 0) is 150 Å². The van der Waals surface area contributed by atoms with Crippen molar-refractivity contribution in [2.24, 2.45) is 35.0 Å². The van der Waals surface area contributed by atoms with Gasteiger partial charge in [0.25, 0.3) is 17.7 Å². The highest BCUT2D eigenvalue weighted by molar-refractivity contribution is 6.04. The van der Waals surface area contributed by atoms with Gasteiger partial charge in [-0.1, -0.05) is 78.9 Å². The number of hydrogen-bond donors (Lipinski definition) is 7. The molecule has 27 nitrogen and oxygen atoms in total. The van der Waals surface area contributed by atoms with Crippen LogP contribution in [0.25, 0.3) is 0 Å². The zero-order chi connectivity index (χ0) is 74.7. The van der Waals surface area contributed by atoms with Crippen LogP contribution in [0.2, 0.25) is 0 Å². The lowest BCUT2D eigenvalue weighted by Gasteiger charge is -2.49. The lowest BCUT2D eigenvalue weighted by molar-refractivity contribution is -0.118. The second kappa shape index (κ2) is 32.8. The summed E-state index contributed by atoms with van der Waals surface area (Å²) in [4.78, 5) is 84.8. The van der Waals surface area contributed by atoms with Crippen LogP contribution in [-0.4, -0.2) is 130 Å². The van der Waals surface area contributed by atoms with Crippen molar-refractivity contribution in [3.8, 4) is 29.7 Å². The number of pyridine rings is 1. The summed E-state index contributed by atoms with van der Waals surface area (Å²) in [5.41, 5.74) is 21.3. The predicted octanol–water partition coefficient (Wildman–Crippen LogP) is 10.4. The third-order valence-corrected chi connectivity index (χ3v) is 21.9. The van der Waals surface area contributed by atoms with E-state index in [0.29, 0.717) is 56.4 Å². The van der Waals surface area contributed by atoms with Gasteiger partial charge in [0.15, 0.2) is 17.5 Å². The van der Waals surface area contributed by atoms with Crippen LogP contribution in [0.1, 0.15) is 163 Å². The maximum absolute atomic E-state index is 12.3. The van der Waals surface area contributed by atoms with Crippen molar-refractivity contribution in [1.29, 1.82) is 15.8 Å². The van der Waals surface area contributed by atoms with Crippen LogP contribution in [-0.2, 0) is 44.1 Å². The maximum atomic E-state index is 12.3. The molecule has 7 heterocycles. The minimum absolute atomic E-state index is 0.00405. The Kier molecular flexibility index (Phi) is 22.6. The summed E-state index contributed by atoms with van der Waals surface area (Å²) in [6, 6.07) is 50.0. The van der Waals surface area contributed by atoms with Gasteiger partial charge in [0, 0.05) is 112 Å². The number of hydrogen-bond acceptors (Lipinski definition) is 18. The van der Waals surface area contributed by atoms with Crippen molar-refractivity contribution < 1.29 is 33.5 Å². The summed E-state index contributed by atoms with van der Waals surface area (Å²) in [6.07, 6.45) is 18.6. The molecule has 0 radical (unpaired) electrons. The molecule has 4 aromatic heterocycles. The van der Waals surface area contributed by atoms with E-state index in [-0.39, 0.29) is 82.5 Å². The lowest BCUT2D eigenvalue weighted by Crippen LogP contribution is -2.53. The highest BCUT2D eigenvalue weighted by Crippen LogP contribution is 2.44. The number of likely N-dealkylation sites (tertiary alicyclic amines) is 3. The monoisotopic (exact) mass is 1440 g/mol. The van der Waals surface area contributed by atoms with Crippen LogP contribution < -0.4 is 43.2 Å². The first-order valence-electron chi connectivity index (χ1n) is 37.0. The molecular formula is C80H90N20O7. The number of nitriles is 3. The SMILES string of the molecule is N#CCC1(n2cc(C(N)=O)c(NC(=O)C3CC3)n2)CCC(N2CC(c3ccccc3)C2)CC1.N#CCC1(n2cc(C(N)=O)c(NC(=O)C3CC3)n2)CCN(Cc2ccc(Oc3ccccc3)cn2)CC1.N#CCC1(n2cc(C(N)=O)c(NC(=O)C3CC3)n2)CCN(Cc2cccc(Nc3ccccc3)c2)CC1. The molecule has 10 N–H and O–H groups in total. The van der Waals surface area contributed by atoms with Crippen molar-refractivity contribution in [2.75, 3.05) is 60.5 Å². The lowest BCUT2D eigenvalue weighted by atomic mass is 9.75. The number of benzene rings is 4. The molecule has 15 rings (SSSR count). The van der Waals surface area contributed by atoms with Gasteiger partial charge in [-0.3, -0.25) is 62.5 Å². The van der Waals surface area contributed by atoms with Crippen LogP contribution in [0, 0.1) is 51.7 Å². The van der Waals surface area contributed by atoms with Crippen molar-refractivity contribution in [1.82, 2.24) is 49.0 Å². The number of aromatic nitrogens is 7. The molecule has 0 bridgehead atoms. The Hall–Kier alpha value is -11.6. The number of nitrogens with zero attached hydrogens (tertiary/aromatic N) is 13. The summed E-state index contributed by atoms with van der Waals surface area (Å²) >= 11 is 0. The number of ether oxygens (including phenoxy) is 1. The zero-order valence-electron chi connectivity index (χ0n) is 59.9. The molecule has 0 atom stereocenters. The quantitative estimate of drug-likeness (QED) is 0.0279. The van der Waals surface area contributed by atoms with Crippen LogP contribution in [0.15, 0.2) is 152 Å². The number of carbonyl (C=O) groups excluding carboxylic acids is 6. The number of amides is 6. The number of primary amides is 3. The Labute approximate surface area is 621 Å². The molecule has 4 aromatic carbocycles. The third-order valence-electron chi connectivity index (χ3n) is 21.9. The van der Waals surface area contributed by atoms with E-state index >= 15 is 0 Å². The number of carbonyl (C=O) groups is 6. The largest absolute Gasteiger partial charge is 0.456 e. The Balaban J connectivity index is 0.000000142. The fourth-order valence-electron chi connectivity index (χ4n) is 14.9. The third kappa shape index (κ3) is 18.0. The number of para-hydroxylation sites is 2. The molecule has 4 saturated carbocycles. The highest BCUT2D eigenvalue weighted by atomic mass is 16.5.